The fourth-order valence-electron chi connectivity index (χ4n) is 3.12. The number of carbonyl (C=O) groups excluding carboxylic acids is 2. The van der Waals surface area contributed by atoms with E-state index < -0.39 is 0 Å². The molecule has 6 heteroatoms. The number of nitrogens with zero attached hydrogens (tertiary/aromatic N) is 1. The van der Waals surface area contributed by atoms with Gasteiger partial charge in [-0.05, 0) is 51.7 Å². The third kappa shape index (κ3) is 5.92. The zero-order chi connectivity index (χ0) is 18.4. The van der Waals surface area contributed by atoms with Gasteiger partial charge in [-0.25, -0.2) is 4.79 Å². The van der Waals surface area contributed by atoms with Gasteiger partial charge in [0.1, 0.15) is 0 Å². The monoisotopic (exact) mass is 365 g/mol. The van der Waals surface area contributed by atoms with Gasteiger partial charge in [-0.15, -0.1) is 0 Å². The molecule has 3 amide bonds. The van der Waals surface area contributed by atoms with Gasteiger partial charge >= 0.3 is 6.03 Å². The molecule has 0 unspecified atom stereocenters. The van der Waals surface area contributed by atoms with Crippen molar-refractivity contribution in [3.63, 3.8) is 0 Å². The van der Waals surface area contributed by atoms with Crippen molar-refractivity contribution in [2.24, 2.45) is 5.92 Å². The van der Waals surface area contributed by atoms with E-state index in [9.17, 15) is 9.59 Å². The first-order valence-electron chi connectivity index (χ1n) is 8.96. The standard InChI is InChI=1S/C19H28ClN3O2/c1-13(2)21-19(25)23-10-6-8-16(12-23)18(24)22-14(3)11-15-7-4-5-9-17(15)20/h4-5,7,9,13-14,16H,6,8,10-12H2,1-3H3,(H,21,25)(H,22,24)/t14-,16+/m0/s1. The Morgan fingerprint density at radius 2 is 1.96 bits per heavy atom. The highest BCUT2D eigenvalue weighted by atomic mass is 35.5. The van der Waals surface area contributed by atoms with Crippen LogP contribution < -0.4 is 10.6 Å². The molecule has 2 atom stereocenters. The molecule has 1 aromatic carbocycles. The minimum atomic E-state index is -0.152. The van der Waals surface area contributed by atoms with Gasteiger partial charge in [0.15, 0.2) is 0 Å². The molecule has 1 aromatic rings. The van der Waals surface area contributed by atoms with Crippen LogP contribution >= 0.6 is 11.6 Å². The van der Waals surface area contributed by atoms with Crippen molar-refractivity contribution in [1.82, 2.24) is 15.5 Å². The van der Waals surface area contributed by atoms with Gasteiger partial charge in [0, 0.05) is 30.2 Å². The zero-order valence-electron chi connectivity index (χ0n) is 15.2. The SMILES string of the molecule is CC(C)NC(=O)N1CCC[C@@H](C(=O)N[C@@H](C)Cc2ccccc2Cl)C1. The van der Waals surface area contributed by atoms with Crippen molar-refractivity contribution in [2.45, 2.75) is 52.1 Å². The molecule has 0 spiro atoms. The first-order chi connectivity index (χ1) is 11.9. The number of hydrogen-bond acceptors (Lipinski definition) is 2. The molecule has 0 bridgehead atoms. The van der Waals surface area contributed by atoms with Crippen molar-refractivity contribution in [1.29, 1.82) is 0 Å². The third-order valence-electron chi connectivity index (χ3n) is 4.36. The van der Waals surface area contributed by atoms with Crippen molar-refractivity contribution in [2.75, 3.05) is 13.1 Å². The van der Waals surface area contributed by atoms with E-state index in [1.165, 1.54) is 0 Å². The average molecular weight is 366 g/mol. The first kappa shape index (κ1) is 19.6. The van der Waals surface area contributed by atoms with Gasteiger partial charge in [-0.2, -0.15) is 0 Å². The second kappa shape index (κ2) is 9.09. The first-order valence-corrected chi connectivity index (χ1v) is 9.33. The molecule has 1 fully saturated rings. The van der Waals surface area contributed by atoms with E-state index in [1.54, 1.807) is 4.90 Å². The highest BCUT2D eigenvalue weighted by Crippen LogP contribution is 2.19. The van der Waals surface area contributed by atoms with E-state index in [-0.39, 0.29) is 29.9 Å². The van der Waals surface area contributed by atoms with Gasteiger partial charge in [-0.1, -0.05) is 29.8 Å². The summed E-state index contributed by atoms with van der Waals surface area (Å²) in [5.74, 6) is -0.137. The Kier molecular flexibility index (Phi) is 7.12. The van der Waals surface area contributed by atoms with Gasteiger partial charge in [0.05, 0.1) is 5.92 Å². The maximum absolute atomic E-state index is 12.6. The van der Waals surface area contributed by atoms with Crippen LogP contribution in [0.3, 0.4) is 0 Å². The molecule has 25 heavy (non-hydrogen) atoms. The molecule has 0 radical (unpaired) electrons. The van der Waals surface area contributed by atoms with Crippen LogP contribution in [0.2, 0.25) is 5.02 Å². The molecule has 138 valence electrons. The number of benzene rings is 1. The van der Waals surface area contributed by atoms with Gasteiger partial charge in [-0.3, -0.25) is 4.79 Å². The Labute approximate surface area is 155 Å². The molecular weight excluding hydrogens is 338 g/mol. The minimum absolute atomic E-state index is 0.00716. The van der Waals surface area contributed by atoms with Crippen LogP contribution in [0.25, 0.3) is 0 Å². The van der Waals surface area contributed by atoms with Gasteiger partial charge in [0.2, 0.25) is 5.91 Å². The number of amides is 3. The molecule has 0 saturated carbocycles. The normalized spacial score (nSPS) is 18.8. The lowest BCUT2D eigenvalue weighted by Gasteiger charge is -2.33. The summed E-state index contributed by atoms with van der Waals surface area (Å²) in [6.07, 6.45) is 2.36. The van der Waals surface area contributed by atoms with Crippen LogP contribution in [-0.2, 0) is 11.2 Å². The van der Waals surface area contributed by atoms with E-state index in [0.29, 0.717) is 19.5 Å². The van der Waals surface area contributed by atoms with Crippen LogP contribution in [-0.4, -0.2) is 42.0 Å². The van der Waals surface area contributed by atoms with Crippen molar-refractivity contribution in [3.8, 4) is 0 Å². The van der Waals surface area contributed by atoms with Crippen molar-refractivity contribution in [3.05, 3.63) is 34.9 Å². The summed E-state index contributed by atoms with van der Waals surface area (Å²) >= 11 is 6.19. The zero-order valence-corrected chi connectivity index (χ0v) is 16.0. The summed E-state index contributed by atoms with van der Waals surface area (Å²) in [7, 11) is 0. The Morgan fingerprint density at radius 1 is 1.24 bits per heavy atom. The van der Waals surface area contributed by atoms with Gasteiger partial charge < -0.3 is 15.5 Å². The lowest BCUT2D eigenvalue weighted by Crippen LogP contribution is -2.51. The number of piperidine rings is 1. The largest absolute Gasteiger partial charge is 0.353 e. The lowest BCUT2D eigenvalue weighted by molar-refractivity contribution is -0.126. The van der Waals surface area contributed by atoms with Crippen molar-refractivity contribution < 1.29 is 9.59 Å². The number of hydrogen-bond donors (Lipinski definition) is 2. The molecule has 1 aliphatic heterocycles. The van der Waals surface area contributed by atoms with Crippen molar-refractivity contribution >= 4 is 23.5 Å². The minimum Gasteiger partial charge on any atom is -0.353 e. The van der Waals surface area contributed by atoms with Crippen LogP contribution in [0.4, 0.5) is 4.79 Å². The fraction of sp³-hybridized carbons (Fsp3) is 0.579. The van der Waals surface area contributed by atoms with E-state index in [0.717, 1.165) is 23.4 Å². The third-order valence-corrected chi connectivity index (χ3v) is 4.73. The molecule has 2 N–H and O–H groups in total. The van der Waals surface area contributed by atoms with Crippen LogP contribution in [0.1, 0.15) is 39.2 Å². The van der Waals surface area contributed by atoms with Gasteiger partial charge in [0.25, 0.3) is 0 Å². The number of urea groups is 1. The van der Waals surface area contributed by atoms with E-state index in [1.807, 2.05) is 45.0 Å². The molecule has 5 nitrogen and oxygen atoms in total. The summed E-state index contributed by atoms with van der Waals surface area (Å²) in [5, 5.41) is 6.68. The summed E-state index contributed by atoms with van der Waals surface area (Å²) in [6, 6.07) is 7.68. The second-order valence-corrected chi connectivity index (χ2v) is 7.50. The topological polar surface area (TPSA) is 61.4 Å². The molecule has 0 aromatic heterocycles. The fourth-order valence-corrected chi connectivity index (χ4v) is 3.33. The van der Waals surface area contributed by atoms with Crippen LogP contribution in [0, 0.1) is 5.92 Å². The highest BCUT2D eigenvalue weighted by molar-refractivity contribution is 6.31. The molecule has 1 saturated heterocycles. The number of carbonyl (C=O) groups is 2. The summed E-state index contributed by atoms with van der Waals surface area (Å²) in [4.78, 5) is 26.5. The predicted molar refractivity (Wildman–Crippen MR) is 101 cm³/mol. The summed E-state index contributed by atoms with van der Waals surface area (Å²) in [5.41, 5.74) is 1.03. The summed E-state index contributed by atoms with van der Waals surface area (Å²) < 4.78 is 0. The van der Waals surface area contributed by atoms with E-state index >= 15 is 0 Å². The molecule has 1 heterocycles. The van der Waals surface area contributed by atoms with Crippen LogP contribution in [0.5, 0.6) is 0 Å². The lowest BCUT2D eigenvalue weighted by atomic mass is 9.96. The Hall–Kier alpha value is -1.75. The highest BCUT2D eigenvalue weighted by Gasteiger charge is 2.29. The summed E-state index contributed by atoms with van der Waals surface area (Å²) in [6.45, 7) is 7.03. The number of rotatable bonds is 5. The van der Waals surface area contributed by atoms with E-state index in [4.69, 9.17) is 11.6 Å². The molecule has 1 aliphatic rings. The average Bonchev–Trinajstić information content (AvgIpc) is 2.56. The Balaban J connectivity index is 1.87. The Bertz CT molecular complexity index is 606. The molecular formula is C19H28ClN3O2. The predicted octanol–water partition coefficient (Wildman–Crippen LogP) is 3.22. The smallest absolute Gasteiger partial charge is 0.317 e. The molecule has 0 aliphatic carbocycles. The Morgan fingerprint density at radius 3 is 2.64 bits per heavy atom. The molecule has 2 rings (SSSR count). The second-order valence-electron chi connectivity index (χ2n) is 7.09. The van der Waals surface area contributed by atoms with E-state index in [2.05, 4.69) is 10.6 Å². The quantitative estimate of drug-likeness (QED) is 0.841. The maximum Gasteiger partial charge on any atom is 0.317 e. The number of nitrogens with one attached hydrogen (secondary N) is 2. The van der Waals surface area contributed by atoms with Crippen LogP contribution in [0.15, 0.2) is 24.3 Å². The number of likely N-dealkylation sites (tertiary alicyclic amines) is 1. The maximum atomic E-state index is 12.6. The number of halogens is 1.